The molecule has 11 heteroatoms. The summed E-state index contributed by atoms with van der Waals surface area (Å²) in [5.41, 5.74) is -0.355. The minimum absolute atomic E-state index is 0.180. The van der Waals surface area contributed by atoms with Gasteiger partial charge in [0.05, 0.1) is 21.2 Å². The lowest BCUT2D eigenvalue weighted by atomic mass is 10.2. The highest BCUT2D eigenvalue weighted by molar-refractivity contribution is 7.99. The van der Waals surface area contributed by atoms with Crippen molar-refractivity contribution >= 4 is 45.0 Å². The van der Waals surface area contributed by atoms with Crippen molar-refractivity contribution in [3.63, 3.8) is 0 Å². The molecule has 0 bridgehead atoms. The fourth-order valence-corrected chi connectivity index (χ4v) is 5.79. The standard InChI is InChI=1S/C25H24ClF3N2O3S2/c1-18-8-11-20(12-9-18)35-15-5-14-30-24(32)17-31(36(33,34)21-6-3-2-4-7-21)23-16-19(25(27,28)29)10-13-22(23)26/h2-4,6-13,16H,5,14-15,17H2,1H3,(H,30,32). The molecule has 0 unspecified atom stereocenters. The predicted molar refractivity (Wildman–Crippen MR) is 137 cm³/mol. The van der Waals surface area contributed by atoms with Crippen molar-refractivity contribution in [1.29, 1.82) is 0 Å². The minimum atomic E-state index is -4.72. The van der Waals surface area contributed by atoms with Crippen LogP contribution < -0.4 is 9.62 Å². The number of nitrogens with zero attached hydrogens (tertiary/aromatic N) is 1. The van der Waals surface area contributed by atoms with E-state index in [1.165, 1.54) is 24.3 Å². The number of hydrogen-bond acceptors (Lipinski definition) is 4. The number of amides is 1. The summed E-state index contributed by atoms with van der Waals surface area (Å²) in [5, 5.41) is 2.41. The van der Waals surface area contributed by atoms with Gasteiger partial charge in [-0.15, -0.1) is 11.8 Å². The molecule has 0 saturated carbocycles. The lowest BCUT2D eigenvalue weighted by Gasteiger charge is -2.25. The van der Waals surface area contributed by atoms with Crippen molar-refractivity contribution in [2.24, 2.45) is 0 Å². The average Bonchev–Trinajstić information content (AvgIpc) is 2.84. The Morgan fingerprint density at radius 1 is 1.03 bits per heavy atom. The number of hydrogen-bond donors (Lipinski definition) is 1. The number of rotatable bonds is 10. The summed E-state index contributed by atoms with van der Waals surface area (Å²) in [4.78, 5) is 13.6. The maximum atomic E-state index is 13.3. The molecule has 0 aliphatic carbocycles. The summed E-state index contributed by atoms with van der Waals surface area (Å²) in [5.74, 6) is 0.0535. The van der Waals surface area contributed by atoms with Crippen LogP contribution >= 0.6 is 23.4 Å². The van der Waals surface area contributed by atoms with Crippen molar-refractivity contribution in [2.75, 3.05) is 23.1 Å². The minimum Gasteiger partial charge on any atom is -0.354 e. The Morgan fingerprint density at radius 2 is 1.69 bits per heavy atom. The second-order valence-electron chi connectivity index (χ2n) is 7.85. The van der Waals surface area contributed by atoms with Crippen LogP contribution in [0.5, 0.6) is 0 Å². The molecule has 36 heavy (non-hydrogen) atoms. The fraction of sp³-hybridized carbons (Fsp3) is 0.240. The van der Waals surface area contributed by atoms with E-state index >= 15 is 0 Å². The molecule has 0 spiro atoms. The van der Waals surface area contributed by atoms with Gasteiger partial charge in [0, 0.05) is 11.4 Å². The summed E-state index contributed by atoms with van der Waals surface area (Å²) >= 11 is 7.74. The number of nitrogens with one attached hydrogen (secondary N) is 1. The van der Waals surface area contributed by atoms with E-state index in [0.717, 1.165) is 28.3 Å². The first kappa shape index (κ1) is 27.9. The molecule has 5 nitrogen and oxygen atoms in total. The Labute approximate surface area is 217 Å². The van der Waals surface area contributed by atoms with Crippen LogP contribution in [0.25, 0.3) is 0 Å². The molecule has 0 aromatic heterocycles. The van der Waals surface area contributed by atoms with Crippen molar-refractivity contribution in [3.05, 3.63) is 88.9 Å². The molecule has 0 aliphatic heterocycles. The van der Waals surface area contributed by atoms with E-state index in [2.05, 4.69) is 5.32 Å². The average molecular weight is 557 g/mol. The normalized spacial score (nSPS) is 11.8. The van der Waals surface area contributed by atoms with Crippen LogP contribution in [0, 0.1) is 6.92 Å². The van der Waals surface area contributed by atoms with Crippen molar-refractivity contribution in [3.8, 4) is 0 Å². The molecule has 1 N–H and O–H groups in total. The number of sulfonamides is 1. The Balaban J connectivity index is 1.75. The first-order valence-corrected chi connectivity index (χ1v) is 13.7. The second-order valence-corrected chi connectivity index (χ2v) is 11.3. The Hall–Kier alpha value is -2.69. The predicted octanol–water partition coefficient (Wildman–Crippen LogP) is 6.16. The number of thioether (sulfide) groups is 1. The highest BCUT2D eigenvalue weighted by atomic mass is 35.5. The van der Waals surface area contributed by atoms with Gasteiger partial charge in [-0.2, -0.15) is 13.2 Å². The maximum Gasteiger partial charge on any atom is 0.416 e. The van der Waals surface area contributed by atoms with Gasteiger partial charge in [0.15, 0.2) is 0 Å². The number of halogens is 4. The summed E-state index contributed by atoms with van der Waals surface area (Å²) in [6.45, 7) is 1.54. The van der Waals surface area contributed by atoms with Gasteiger partial charge in [0.25, 0.3) is 10.0 Å². The molecule has 0 saturated heterocycles. The van der Waals surface area contributed by atoms with E-state index < -0.39 is 39.9 Å². The van der Waals surface area contributed by atoms with E-state index in [1.54, 1.807) is 17.8 Å². The molecule has 192 valence electrons. The van der Waals surface area contributed by atoms with Crippen LogP contribution in [0.4, 0.5) is 18.9 Å². The molecule has 0 aliphatic rings. The van der Waals surface area contributed by atoms with Crippen LogP contribution in [0.3, 0.4) is 0 Å². The molecule has 3 aromatic carbocycles. The highest BCUT2D eigenvalue weighted by Crippen LogP contribution is 2.37. The highest BCUT2D eigenvalue weighted by Gasteiger charge is 2.34. The van der Waals surface area contributed by atoms with Gasteiger partial charge in [-0.3, -0.25) is 9.10 Å². The fourth-order valence-electron chi connectivity index (χ4n) is 3.21. The lowest BCUT2D eigenvalue weighted by molar-refractivity contribution is -0.137. The van der Waals surface area contributed by atoms with Gasteiger partial charge in [0.2, 0.25) is 5.91 Å². The van der Waals surface area contributed by atoms with E-state index in [4.69, 9.17) is 11.6 Å². The second kappa shape index (κ2) is 12.0. The molecule has 3 rings (SSSR count). The molecule has 0 fully saturated rings. The maximum absolute atomic E-state index is 13.3. The number of aryl methyl sites for hydroxylation is 1. The van der Waals surface area contributed by atoms with E-state index in [0.29, 0.717) is 16.8 Å². The molecule has 0 radical (unpaired) electrons. The molecule has 3 aromatic rings. The van der Waals surface area contributed by atoms with Crippen molar-refractivity contribution in [2.45, 2.75) is 29.3 Å². The van der Waals surface area contributed by atoms with E-state index in [1.807, 2.05) is 31.2 Å². The zero-order valence-electron chi connectivity index (χ0n) is 19.3. The molecule has 0 atom stereocenters. The van der Waals surface area contributed by atoms with Crippen molar-refractivity contribution < 1.29 is 26.4 Å². The van der Waals surface area contributed by atoms with Crippen molar-refractivity contribution in [1.82, 2.24) is 5.32 Å². The zero-order chi connectivity index (χ0) is 26.3. The number of anilines is 1. The Morgan fingerprint density at radius 3 is 2.33 bits per heavy atom. The van der Waals surface area contributed by atoms with Gasteiger partial charge >= 0.3 is 6.18 Å². The SMILES string of the molecule is Cc1ccc(SCCCNC(=O)CN(c2cc(C(F)(F)F)ccc2Cl)S(=O)(=O)c2ccccc2)cc1. The molecule has 0 heterocycles. The first-order chi connectivity index (χ1) is 17.0. The lowest BCUT2D eigenvalue weighted by Crippen LogP contribution is -2.41. The third-order valence-electron chi connectivity index (χ3n) is 5.09. The Kier molecular flexibility index (Phi) is 9.32. The zero-order valence-corrected chi connectivity index (χ0v) is 21.6. The van der Waals surface area contributed by atoms with Crippen LogP contribution in [0.1, 0.15) is 17.5 Å². The van der Waals surface area contributed by atoms with E-state index in [9.17, 15) is 26.4 Å². The third kappa shape index (κ3) is 7.41. The largest absolute Gasteiger partial charge is 0.416 e. The number of carbonyl (C=O) groups is 1. The first-order valence-electron chi connectivity index (χ1n) is 10.9. The number of alkyl halides is 3. The van der Waals surface area contributed by atoms with Crippen LogP contribution in [-0.2, 0) is 21.0 Å². The molecular weight excluding hydrogens is 533 g/mol. The van der Waals surface area contributed by atoms with Gasteiger partial charge in [0.1, 0.15) is 6.54 Å². The molecular formula is C25H24ClF3N2O3S2. The summed E-state index contributed by atoms with van der Waals surface area (Å²) in [6.07, 6.45) is -4.11. The summed E-state index contributed by atoms with van der Waals surface area (Å²) in [7, 11) is -4.39. The third-order valence-corrected chi connectivity index (χ3v) is 8.29. The van der Waals surface area contributed by atoms with Crippen LogP contribution in [0.2, 0.25) is 5.02 Å². The van der Waals surface area contributed by atoms with E-state index in [-0.39, 0.29) is 16.5 Å². The summed E-state index contributed by atoms with van der Waals surface area (Å²) in [6, 6.07) is 17.5. The monoisotopic (exact) mass is 556 g/mol. The van der Waals surface area contributed by atoms with Gasteiger partial charge < -0.3 is 5.32 Å². The number of benzene rings is 3. The topological polar surface area (TPSA) is 66.5 Å². The smallest absolute Gasteiger partial charge is 0.354 e. The number of carbonyl (C=O) groups excluding carboxylic acids is 1. The van der Waals surface area contributed by atoms with Gasteiger partial charge in [-0.1, -0.05) is 47.5 Å². The van der Waals surface area contributed by atoms with Gasteiger partial charge in [-0.25, -0.2) is 8.42 Å². The quantitative estimate of drug-likeness (QED) is 0.240. The van der Waals surface area contributed by atoms with Crippen LogP contribution in [0.15, 0.2) is 82.6 Å². The Bertz CT molecular complexity index is 1290. The van der Waals surface area contributed by atoms with Gasteiger partial charge in [-0.05, 0) is 61.6 Å². The summed E-state index contributed by atoms with van der Waals surface area (Å²) < 4.78 is 67.3. The van der Waals surface area contributed by atoms with Crippen LogP contribution in [-0.4, -0.2) is 33.2 Å². The molecule has 1 amide bonds.